The minimum atomic E-state index is 0.327. The summed E-state index contributed by atoms with van der Waals surface area (Å²) >= 11 is 0. The van der Waals surface area contributed by atoms with E-state index in [1.54, 1.807) is 0 Å². The maximum absolute atomic E-state index is 5.54. The number of ether oxygens (including phenoxy) is 2. The highest BCUT2D eigenvalue weighted by Gasteiger charge is 2.11. The van der Waals surface area contributed by atoms with Gasteiger partial charge < -0.3 is 20.5 Å². The van der Waals surface area contributed by atoms with Crippen molar-refractivity contribution >= 4 is 0 Å². The average molecular weight is 222 g/mol. The zero-order valence-corrected chi connectivity index (χ0v) is 9.53. The summed E-state index contributed by atoms with van der Waals surface area (Å²) in [5.41, 5.74) is 6.72. The topological polar surface area (TPSA) is 56.5 Å². The Bertz CT molecular complexity index is 355. The first-order chi connectivity index (χ1) is 7.79. The lowest BCUT2D eigenvalue weighted by Gasteiger charge is -2.19. The molecule has 0 saturated heterocycles. The molecule has 0 unspecified atom stereocenters. The van der Waals surface area contributed by atoms with Crippen molar-refractivity contribution in [2.75, 3.05) is 19.8 Å². The van der Waals surface area contributed by atoms with Gasteiger partial charge in [-0.2, -0.15) is 0 Å². The Hall–Kier alpha value is -1.26. The Morgan fingerprint density at radius 1 is 1.31 bits per heavy atom. The molecule has 1 heterocycles. The molecule has 0 aliphatic carbocycles. The minimum Gasteiger partial charge on any atom is -0.486 e. The van der Waals surface area contributed by atoms with Crippen LogP contribution >= 0.6 is 0 Å². The summed E-state index contributed by atoms with van der Waals surface area (Å²) in [5.74, 6) is 1.67. The van der Waals surface area contributed by atoms with E-state index in [0.29, 0.717) is 25.8 Å². The van der Waals surface area contributed by atoms with Crippen molar-refractivity contribution in [1.29, 1.82) is 0 Å². The molecule has 0 bridgehead atoms. The summed E-state index contributed by atoms with van der Waals surface area (Å²) in [6.45, 7) is 4.77. The van der Waals surface area contributed by atoms with Crippen LogP contribution in [0.4, 0.5) is 0 Å². The third-order valence-electron chi connectivity index (χ3n) is 2.61. The molecular formula is C12H18N2O2. The number of benzene rings is 1. The fourth-order valence-electron chi connectivity index (χ4n) is 1.57. The number of hydrogen-bond donors (Lipinski definition) is 2. The Kier molecular flexibility index (Phi) is 3.64. The lowest BCUT2D eigenvalue weighted by atomic mass is 10.2. The van der Waals surface area contributed by atoms with E-state index in [9.17, 15) is 0 Å². The van der Waals surface area contributed by atoms with E-state index in [-0.39, 0.29) is 0 Å². The van der Waals surface area contributed by atoms with Crippen molar-refractivity contribution in [2.45, 2.75) is 19.5 Å². The van der Waals surface area contributed by atoms with Crippen LogP contribution in [0.3, 0.4) is 0 Å². The van der Waals surface area contributed by atoms with E-state index in [4.69, 9.17) is 15.2 Å². The van der Waals surface area contributed by atoms with Crippen LogP contribution in [0.2, 0.25) is 0 Å². The molecule has 2 rings (SSSR count). The van der Waals surface area contributed by atoms with Gasteiger partial charge in [0.1, 0.15) is 13.2 Å². The SMILES string of the molecule is C[C@H](CN)NCc1ccc2c(c1)OCCO2. The second kappa shape index (κ2) is 5.18. The fraction of sp³-hybridized carbons (Fsp3) is 0.500. The monoisotopic (exact) mass is 222 g/mol. The highest BCUT2D eigenvalue weighted by molar-refractivity contribution is 5.43. The van der Waals surface area contributed by atoms with Crippen molar-refractivity contribution in [3.63, 3.8) is 0 Å². The Labute approximate surface area is 95.7 Å². The summed E-state index contributed by atoms with van der Waals surface area (Å²) in [5, 5.41) is 3.33. The predicted octanol–water partition coefficient (Wildman–Crippen LogP) is 0.895. The van der Waals surface area contributed by atoms with Crippen molar-refractivity contribution in [3.05, 3.63) is 23.8 Å². The summed E-state index contributed by atoms with van der Waals surface area (Å²) in [6.07, 6.45) is 0. The number of nitrogens with two attached hydrogens (primary N) is 1. The van der Waals surface area contributed by atoms with Crippen LogP contribution in [0, 0.1) is 0 Å². The molecule has 0 radical (unpaired) electrons. The zero-order valence-electron chi connectivity index (χ0n) is 9.53. The van der Waals surface area contributed by atoms with Crippen LogP contribution in [0.15, 0.2) is 18.2 Å². The van der Waals surface area contributed by atoms with Crippen LogP contribution in [0.5, 0.6) is 11.5 Å². The number of rotatable bonds is 4. The molecule has 1 aliphatic rings. The van der Waals surface area contributed by atoms with Crippen molar-refractivity contribution in [1.82, 2.24) is 5.32 Å². The van der Waals surface area contributed by atoms with Crippen LogP contribution in [-0.4, -0.2) is 25.8 Å². The Morgan fingerprint density at radius 2 is 2.06 bits per heavy atom. The third-order valence-corrected chi connectivity index (χ3v) is 2.61. The first-order valence-electron chi connectivity index (χ1n) is 5.61. The second-order valence-corrected chi connectivity index (χ2v) is 4.00. The van der Waals surface area contributed by atoms with Gasteiger partial charge in [-0.3, -0.25) is 0 Å². The van der Waals surface area contributed by atoms with Crippen molar-refractivity contribution in [3.8, 4) is 11.5 Å². The van der Waals surface area contributed by atoms with E-state index in [1.165, 1.54) is 5.56 Å². The maximum Gasteiger partial charge on any atom is 0.161 e. The van der Waals surface area contributed by atoms with Crippen LogP contribution < -0.4 is 20.5 Å². The quantitative estimate of drug-likeness (QED) is 0.794. The molecule has 88 valence electrons. The largest absolute Gasteiger partial charge is 0.486 e. The number of nitrogens with one attached hydrogen (secondary N) is 1. The highest BCUT2D eigenvalue weighted by atomic mass is 16.6. The zero-order chi connectivity index (χ0) is 11.4. The Balaban J connectivity index is 2.00. The van der Waals surface area contributed by atoms with E-state index < -0.39 is 0 Å². The average Bonchev–Trinajstić information content (AvgIpc) is 2.35. The fourth-order valence-corrected chi connectivity index (χ4v) is 1.57. The van der Waals surface area contributed by atoms with Gasteiger partial charge in [-0.25, -0.2) is 0 Å². The smallest absolute Gasteiger partial charge is 0.161 e. The predicted molar refractivity (Wildman–Crippen MR) is 62.8 cm³/mol. The lowest BCUT2D eigenvalue weighted by molar-refractivity contribution is 0.171. The maximum atomic E-state index is 5.54. The van der Waals surface area contributed by atoms with E-state index in [1.807, 2.05) is 18.2 Å². The van der Waals surface area contributed by atoms with Crippen molar-refractivity contribution < 1.29 is 9.47 Å². The molecule has 16 heavy (non-hydrogen) atoms. The lowest BCUT2D eigenvalue weighted by Crippen LogP contribution is -2.32. The number of fused-ring (bicyclic) bond motifs is 1. The summed E-state index contributed by atoms with van der Waals surface area (Å²) in [7, 11) is 0. The van der Waals surface area contributed by atoms with Gasteiger partial charge in [0.2, 0.25) is 0 Å². The Morgan fingerprint density at radius 3 is 2.81 bits per heavy atom. The van der Waals surface area contributed by atoms with Gasteiger partial charge in [0.25, 0.3) is 0 Å². The van der Waals surface area contributed by atoms with Crippen LogP contribution in [-0.2, 0) is 6.54 Å². The van der Waals surface area contributed by atoms with E-state index in [0.717, 1.165) is 18.0 Å². The van der Waals surface area contributed by atoms with Gasteiger partial charge in [0, 0.05) is 19.1 Å². The van der Waals surface area contributed by atoms with Crippen molar-refractivity contribution in [2.24, 2.45) is 5.73 Å². The highest BCUT2D eigenvalue weighted by Crippen LogP contribution is 2.30. The van der Waals surface area contributed by atoms with Gasteiger partial charge in [0.15, 0.2) is 11.5 Å². The summed E-state index contributed by atoms with van der Waals surface area (Å²) in [6, 6.07) is 6.35. The van der Waals surface area contributed by atoms with Gasteiger partial charge in [-0.05, 0) is 24.6 Å². The molecule has 1 aromatic carbocycles. The number of hydrogen-bond acceptors (Lipinski definition) is 4. The van der Waals surface area contributed by atoms with E-state index in [2.05, 4.69) is 12.2 Å². The molecule has 1 aliphatic heterocycles. The molecule has 1 atom stereocenters. The molecule has 4 heteroatoms. The molecule has 0 aromatic heterocycles. The first-order valence-corrected chi connectivity index (χ1v) is 5.61. The molecule has 0 fully saturated rings. The minimum absolute atomic E-state index is 0.327. The molecule has 4 nitrogen and oxygen atoms in total. The van der Waals surface area contributed by atoms with Gasteiger partial charge in [-0.1, -0.05) is 6.07 Å². The van der Waals surface area contributed by atoms with Crippen LogP contribution in [0.25, 0.3) is 0 Å². The van der Waals surface area contributed by atoms with Gasteiger partial charge >= 0.3 is 0 Å². The standard InChI is InChI=1S/C12H18N2O2/c1-9(7-13)14-8-10-2-3-11-12(6-10)16-5-4-15-11/h2-3,6,9,14H,4-5,7-8,13H2,1H3/t9-/m1/s1. The molecule has 0 amide bonds. The van der Waals surface area contributed by atoms with Gasteiger partial charge in [0.05, 0.1) is 0 Å². The van der Waals surface area contributed by atoms with Crippen LogP contribution in [0.1, 0.15) is 12.5 Å². The first kappa shape index (κ1) is 11.2. The normalized spacial score (nSPS) is 15.9. The second-order valence-electron chi connectivity index (χ2n) is 4.00. The van der Waals surface area contributed by atoms with Gasteiger partial charge in [-0.15, -0.1) is 0 Å². The summed E-state index contributed by atoms with van der Waals surface area (Å²) < 4.78 is 11.0. The third kappa shape index (κ3) is 2.65. The molecule has 0 saturated carbocycles. The molecular weight excluding hydrogens is 204 g/mol. The molecule has 1 aromatic rings. The molecule has 0 spiro atoms. The molecule has 3 N–H and O–H groups in total. The summed E-state index contributed by atoms with van der Waals surface area (Å²) in [4.78, 5) is 0. The van der Waals surface area contributed by atoms with E-state index >= 15 is 0 Å².